The van der Waals surface area contributed by atoms with Crippen LogP contribution in [0.4, 0.5) is 0 Å². The number of rotatable bonds is 7. The Kier molecular flexibility index (Phi) is 5.92. The first-order valence-electron chi connectivity index (χ1n) is 8.20. The summed E-state index contributed by atoms with van der Waals surface area (Å²) in [6, 6.07) is 9.97. The molecule has 1 N–H and O–H groups in total. The molecule has 1 aliphatic heterocycles. The lowest BCUT2D eigenvalue weighted by atomic mass is 10.2. The molecule has 2 aromatic rings. The van der Waals surface area contributed by atoms with Gasteiger partial charge in [-0.2, -0.15) is 0 Å². The highest BCUT2D eigenvalue weighted by molar-refractivity contribution is 5.13. The molecular weight excluding hydrogens is 308 g/mol. The highest BCUT2D eigenvalue weighted by Crippen LogP contribution is 2.19. The largest absolute Gasteiger partial charge is 0.389 e. The lowest BCUT2D eigenvalue weighted by Gasteiger charge is -2.33. The summed E-state index contributed by atoms with van der Waals surface area (Å²) in [7, 11) is 1.91. The molecule has 1 aromatic heterocycles. The van der Waals surface area contributed by atoms with Crippen LogP contribution in [-0.2, 0) is 23.1 Å². The molecule has 0 aliphatic carbocycles. The van der Waals surface area contributed by atoms with Crippen molar-refractivity contribution in [1.29, 1.82) is 0 Å². The van der Waals surface area contributed by atoms with E-state index in [0.29, 0.717) is 32.9 Å². The Morgan fingerprint density at radius 3 is 2.96 bits per heavy atom. The summed E-state index contributed by atoms with van der Waals surface area (Å²) in [5.41, 5.74) is 1.11. The van der Waals surface area contributed by atoms with Crippen LogP contribution in [0, 0.1) is 0 Å². The molecule has 7 nitrogen and oxygen atoms in total. The van der Waals surface area contributed by atoms with Gasteiger partial charge >= 0.3 is 0 Å². The minimum Gasteiger partial charge on any atom is -0.389 e. The van der Waals surface area contributed by atoms with E-state index in [1.165, 1.54) is 0 Å². The van der Waals surface area contributed by atoms with Crippen molar-refractivity contribution in [1.82, 2.24) is 19.7 Å². The quantitative estimate of drug-likeness (QED) is 0.807. The molecule has 0 spiro atoms. The van der Waals surface area contributed by atoms with Crippen molar-refractivity contribution in [2.24, 2.45) is 7.05 Å². The molecule has 1 saturated heterocycles. The molecule has 1 aromatic carbocycles. The number of β-amino-alcohol motifs (C(OH)–C–C–N with tert-alkyl or cyclic N) is 1. The average molecular weight is 332 g/mol. The van der Waals surface area contributed by atoms with Crippen LogP contribution in [0.2, 0.25) is 0 Å². The van der Waals surface area contributed by atoms with Gasteiger partial charge in [0.15, 0.2) is 5.82 Å². The van der Waals surface area contributed by atoms with E-state index in [4.69, 9.17) is 9.47 Å². The van der Waals surface area contributed by atoms with Crippen LogP contribution in [0.15, 0.2) is 36.7 Å². The Morgan fingerprint density at radius 1 is 1.38 bits per heavy atom. The lowest BCUT2D eigenvalue weighted by Crippen LogP contribution is -2.43. The van der Waals surface area contributed by atoms with Gasteiger partial charge < -0.3 is 19.1 Å². The third-order valence-corrected chi connectivity index (χ3v) is 4.08. The van der Waals surface area contributed by atoms with E-state index in [0.717, 1.165) is 17.9 Å². The Bertz CT molecular complexity index is 619. The topological polar surface area (TPSA) is 72.6 Å². The molecule has 0 bridgehead atoms. The smallest absolute Gasteiger partial charge is 0.163 e. The molecule has 1 aliphatic rings. The molecule has 2 heterocycles. The zero-order valence-electron chi connectivity index (χ0n) is 13.9. The number of aliphatic hydroxyl groups excluding tert-OH is 1. The summed E-state index contributed by atoms with van der Waals surface area (Å²) in [6.45, 7) is 3.51. The summed E-state index contributed by atoms with van der Waals surface area (Å²) < 4.78 is 13.3. The predicted octanol–water partition coefficient (Wildman–Crippen LogP) is 0.766. The maximum absolute atomic E-state index is 10.2. The Balaban J connectivity index is 1.42. The molecule has 0 saturated carbocycles. The van der Waals surface area contributed by atoms with Crippen LogP contribution in [0.1, 0.15) is 17.5 Å². The van der Waals surface area contributed by atoms with Gasteiger partial charge in [-0.1, -0.05) is 30.3 Å². The highest BCUT2D eigenvalue weighted by Gasteiger charge is 2.26. The number of aliphatic hydroxyl groups is 1. The lowest BCUT2D eigenvalue weighted by molar-refractivity contribution is -0.0575. The van der Waals surface area contributed by atoms with Crippen LogP contribution in [0.25, 0.3) is 0 Å². The molecule has 24 heavy (non-hydrogen) atoms. The number of hydrogen-bond donors (Lipinski definition) is 1. The normalized spacial score (nSPS) is 20.2. The second-order valence-corrected chi connectivity index (χ2v) is 6.07. The van der Waals surface area contributed by atoms with Crippen LogP contribution >= 0.6 is 0 Å². The minimum absolute atomic E-state index is 0.108. The zero-order chi connectivity index (χ0) is 16.8. The van der Waals surface area contributed by atoms with E-state index >= 15 is 0 Å². The average Bonchev–Trinajstić information content (AvgIpc) is 3.02. The van der Waals surface area contributed by atoms with Gasteiger partial charge in [-0.25, -0.2) is 0 Å². The fourth-order valence-corrected chi connectivity index (χ4v) is 2.85. The summed E-state index contributed by atoms with van der Waals surface area (Å²) in [5, 5.41) is 18.2. The molecule has 2 atom stereocenters. The number of hydrogen-bond acceptors (Lipinski definition) is 6. The zero-order valence-corrected chi connectivity index (χ0v) is 13.9. The molecule has 0 amide bonds. The third-order valence-electron chi connectivity index (χ3n) is 4.08. The predicted molar refractivity (Wildman–Crippen MR) is 88.2 cm³/mol. The fraction of sp³-hybridized carbons (Fsp3) is 0.529. The van der Waals surface area contributed by atoms with E-state index in [-0.39, 0.29) is 6.10 Å². The van der Waals surface area contributed by atoms with Crippen LogP contribution in [0.5, 0.6) is 0 Å². The van der Waals surface area contributed by atoms with Crippen LogP contribution in [-0.4, -0.2) is 63.7 Å². The van der Waals surface area contributed by atoms with Gasteiger partial charge in [0.2, 0.25) is 0 Å². The van der Waals surface area contributed by atoms with Crippen molar-refractivity contribution in [3.63, 3.8) is 0 Å². The van der Waals surface area contributed by atoms with Gasteiger partial charge in [0.25, 0.3) is 0 Å². The fourth-order valence-electron chi connectivity index (χ4n) is 2.85. The van der Waals surface area contributed by atoms with Gasteiger partial charge in [-0.3, -0.25) is 4.90 Å². The van der Waals surface area contributed by atoms with Crippen molar-refractivity contribution < 1.29 is 14.6 Å². The maximum Gasteiger partial charge on any atom is 0.163 e. The molecule has 130 valence electrons. The summed E-state index contributed by atoms with van der Waals surface area (Å²) in [6.07, 6.45) is 1.04. The second-order valence-electron chi connectivity index (χ2n) is 6.07. The monoisotopic (exact) mass is 332 g/mol. The molecule has 1 fully saturated rings. The van der Waals surface area contributed by atoms with Gasteiger partial charge in [0.05, 0.1) is 25.9 Å². The number of morpholine rings is 1. The van der Waals surface area contributed by atoms with Gasteiger partial charge in [0.1, 0.15) is 12.4 Å². The molecule has 0 radical (unpaired) electrons. The Morgan fingerprint density at radius 2 is 2.21 bits per heavy atom. The maximum atomic E-state index is 10.2. The van der Waals surface area contributed by atoms with E-state index in [2.05, 4.69) is 15.1 Å². The van der Waals surface area contributed by atoms with Crippen LogP contribution < -0.4 is 0 Å². The molecule has 7 heteroatoms. The van der Waals surface area contributed by atoms with Crippen molar-refractivity contribution in [3.8, 4) is 0 Å². The van der Waals surface area contributed by atoms with Gasteiger partial charge in [-0.05, 0) is 5.56 Å². The van der Waals surface area contributed by atoms with Gasteiger partial charge in [0, 0.05) is 26.7 Å². The van der Waals surface area contributed by atoms with Crippen molar-refractivity contribution in [3.05, 3.63) is 48.0 Å². The number of ether oxygens (including phenoxy) is 2. The van der Waals surface area contributed by atoms with E-state index in [1.807, 2.05) is 41.9 Å². The SMILES string of the molecule is Cn1cnnc1[C@@H]1CN(C[C@H](O)COCc2ccccc2)CCO1. The summed E-state index contributed by atoms with van der Waals surface area (Å²) in [5.74, 6) is 0.814. The van der Waals surface area contributed by atoms with Gasteiger partial charge in [-0.15, -0.1) is 10.2 Å². The van der Waals surface area contributed by atoms with E-state index in [9.17, 15) is 5.11 Å². The number of nitrogens with zero attached hydrogens (tertiary/aromatic N) is 4. The first-order valence-corrected chi connectivity index (χ1v) is 8.20. The number of benzene rings is 1. The van der Waals surface area contributed by atoms with E-state index < -0.39 is 6.10 Å². The van der Waals surface area contributed by atoms with Crippen molar-refractivity contribution >= 4 is 0 Å². The molecule has 0 unspecified atom stereocenters. The van der Waals surface area contributed by atoms with E-state index in [1.54, 1.807) is 6.33 Å². The standard InChI is InChI=1S/C17H24N4O3/c1-20-13-18-19-17(20)16-10-21(7-8-24-16)9-15(22)12-23-11-14-5-3-2-4-6-14/h2-6,13,15-16,22H,7-12H2,1H3/t15-,16-/m0/s1. The first-order chi connectivity index (χ1) is 11.7. The van der Waals surface area contributed by atoms with Crippen molar-refractivity contribution in [2.75, 3.05) is 32.8 Å². The molecular formula is C17H24N4O3. The number of aromatic nitrogens is 3. The summed E-state index contributed by atoms with van der Waals surface area (Å²) >= 11 is 0. The number of aryl methyl sites for hydroxylation is 1. The third kappa shape index (κ3) is 4.61. The highest BCUT2D eigenvalue weighted by atomic mass is 16.5. The first kappa shape index (κ1) is 17.0. The molecule has 3 rings (SSSR count). The van der Waals surface area contributed by atoms with Crippen LogP contribution in [0.3, 0.4) is 0 Å². The van der Waals surface area contributed by atoms with Crippen molar-refractivity contribution in [2.45, 2.75) is 18.8 Å². The second kappa shape index (κ2) is 8.34. The minimum atomic E-state index is -0.521. The summed E-state index contributed by atoms with van der Waals surface area (Å²) in [4.78, 5) is 2.18. The Labute approximate surface area is 141 Å². The Hall–Kier alpha value is -1.80.